The van der Waals surface area contributed by atoms with E-state index in [1.807, 2.05) is 13.8 Å². The third-order valence-corrected chi connectivity index (χ3v) is 5.90. The van der Waals surface area contributed by atoms with E-state index < -0.39 is 28.1 Å². The Hall–Kier alpha value is -0.730. The van der Waals surface area contributed by atoms with Crippen LogP contribution >= 0.6 is 34.8 Å². The van der Waals surface area contributed by atoms with Crippen LogP contribution in [-0.4, -0.2) is 43.4 Å². The van der Waals surface area contributed by atoms with Gasteiger partial charge in [-0.3, -0.25) is 9.10 Å². The molecule has 1 aliphatic heterocycles. The zero-order valence-electron chi connectivity index (χ0n) is 12.4. The lowest BCUT2D eigenvalue weighted by molar-refractivity contribution is -0.137. The van der Waals surface area contributed by atoms with Crippen molar-refractivity contribution in [3.05, 3.63) is 27.2 Å². The predicted molar refractivity (Wildman–Crippen MR) is 90.7 cm³/mol. The van der Waals surface area contributed by atoms with Crippen molar-refractivity contribution in [3.8, 4) is 0 Å². The molecule has 10 heteroatoms. The van der Waals surface area contributed by atoms with E-state index >= 15 is 0 Å². The molecule has 0 radical (unpaired) electrons. The zero-order valence-corrected chi connectivity index (χ0v) is 15.5. The summed E-state index contributed by atoms with van der Waals surface area (Å²) in [6.07, 6.45) is 0. The number of carboxylic acid groups (broad SMARTS) is 1. The first-order valence-corrected chi connectivity index (χ1v) is 9.11. The molecule has 0 amide bonds. The molecule has 1 fully saturated rings. The highest BCUT2D eigenvalue weighted by molar-refractivity contribution is 7.90. The molecule has 0 atom stereocenters. The largest absolute Gasteiger partial charge is 0.480 e. The first-order valence-electron chi connectivity index (χ1n) is 6.58. The summed E-state index contributed by atoms with van der Waals surface area (Å²) < 4.78 is 27.5. The van der Waals surface area contributed by atoms with Crippen LogP contribution in [0.2, 0.25) is 15.1 Å². The summed E-state index contributed by atoms with van der Waals surface area (Å²) in [6.45, 7) is 3.24. The molecule has 1 aromatic rings. The van der Waals surface area contributed by atoms with Crippen LogP contribution in [0.25, 0.3) is 0 Å². The van der Waals surface area contributed by atoms with Crippen molar-refractivity contribution in [1.82, 2.24) is 4.31 Å². The van der Waals surface area contributed by atoms with E-state index in [9.17, 15) is 13.2 Å². The Morgan fingerprint density at radius 3 is 2.22 bits per heavy atom. The summed E-state index contributed by atoms with van der Waals surface area (Å²) in [5.74, 6) is -1.24. The molecule has 0 unspecified atom stereocenters. The number of halogens is 3. The Morgan fingerprint density at radius 2 is 1.74 bits per heavy atom. The molecule has 0 aromatic heterocycles. The molecule has 2 rings (SSSR count). The highest BCUT2D eigenvalue weighted by atomic mass is 35.5. The lowest BCUT2D eigenvalue weighted by Gasteiger charge is -2.44. The molecule has 1 heterocycles. The first kappa shape index (κ1) is 18.6. The fourth-order valence-electron chi connectivity index (χ4n) is 2.47. The Kier molecular flexibility index (Phi) is 5.09. The first-order chi connectivity index (χ1) is 10.4. The van der Waals surface area contributed by atoms with Crippen molar-refractivity contribution in [2.45, 2.75) is 13.8 Å². The van der Waals surface area contributed by atoms with E-state index in [0.29, 0.717) is 0 Å². The Labute approximate surface area is 149 Å². The average Bonchev–Trinajstić information content (AvgIpc) is 2.33. The zero-order chi connectivity index (χ0) is 17.6. The number of rotatable bonds is 3. The molecular weight excluding hydrogens is 387 g/mol. The van der Waals surface area contributed by atoms with Crippen molar-refractivity contribution >= 4 is 56.7 Å². The third kappa shape index (κ3) is 3.85. The van der Waals surface area contributed by atoms with E-state index in [0.717, 1.165) is 8.61 Å². The average molecular weight is 402 g/mol. The van der Waals surface area contributed by atoms with E-state index in [2.05, 4.69) is 0 Å². The minimum Gasteiger partial charge on any atom is -0.480 e. The van der Waals surface area contributed by atoms with Gasteiger partial charge in [0.05, 0.1) is 15.7 Å². The third-order valence-electron chi connectivity index (χ3n) is 3.32. The normalized spacial score (nSPS) is 20.5. The summed E-state index contributed by atoms with van der Waals surface area (Å²) in [5.41, 5.74) is -0.395. The Balaban J connectivity index is 2.58. The van der Waals surface area contributed by atoms with Crippen LogP contribution in [0.5, 0.6) is 0 Å². The van der Waals surface area contributed by atoms with Crippen LogP contribution < -0.4 is 4.31 Å². The predicted octanol–water partition coefficient (Wildman–Crippen LogP) is 3.12. The van der Waals surface area contributed by atoms with Gasteiger partial charge in [0.1, 0.15) is 6.54 Å². The fraction of sp³-hybridized carbons (Fsp3) is 0.462. The van der Waals surface area contributed by atoms with Gasteiger partial charge in [-0.1, -0.05) is 48.7 Å². The highest BCUT2D eigenvalue weighted by Gasteiger charge is 2.44. The Morgan fingerprint density at radius 1 is 1.22 bits per heavy atom. The molecule has 23 heavy (non-hydrogen) atoms. The monoisotopic (exact) mass is 400 g/mol. The van der Waals surface area contributed by atoms with Crippen molar-refractivity contribution in [1.29, 1.82) is 0 Å². The van der Waals surface area contributed by atoms with Gasteiger partial charge in [-0.25, -0.2) is 0 Å². The van der Waals surface area contributed by atoms with Crippen molar-refractivity contribution < 1.29 is 18.3 Å². The molecular formula is C13H15Cl3N2O4S. The van der Waals surface area contributed by atoms with E-state index in [4.69, 9.17) is 39.9 Å². The second-order valence-corrected chi connectivity index (χ2v) is 9.16. The fourth-order valence-corrected chi connectivity index (χ4v) is 5.60. The molecule has 0 bridgehead atoms. The van der Waals surface area contributed by atoms with Crippen LogP contribution in [0.1, 0.15) is 13.8 Å². The number of carboxylic acids is 1. The number of hydrogen-bond acceptors (Lipinski definition) is 3. The molecule has 0 saturated carbocycles. The number of benzene rings is 1. The quantitative estimate of drug-likeness (QED) is 0.844. The van der Waals surface area contributed by atoms with Crippen molar-refractivity contribution in [2.24, 2.45) is 5.41 Å². The smallest absolute Gasteiger partial charge is 0.318 e. The summed E-state index contributed by atoms with van der Waals surface area (Å²) in [6, 6.07) is 2.78. The molecule has 1 N–H and O–H groups in total. The van der Waals surface area contributed by atoms with Crippen LogP contribution in [0.4, 0.5) is 5.69 Å². The summed E-state index contributed by atoms with van der Waals surface area (Å²) >= 11 is 18.1. The molecule has 0 aliphatic carbocycles. The number of hydrogen-bond donors (Lipinski definition) is 1. The minimum atomic E-state index is -4.07. The molecule has 1 saturated heterocycles. The maximum atomic E-state index is 12.8. The van der Waals surface area contributed by atoms with Gasteiger partial charge >= 0.3 is 16.2 Å². The van der Waals surface area contributed by atoms with E-state index in [1.54, 1.807) is 0 Å². The SMILES string of the molecule is CC1(C)CN(CC(=O)O)S(=O)(=O)N(c2c(Cl)cc(Cl)cc2Cl)C1. The van der Waals surface area contributed by atoms with Crippen LogP contribution in [0.15, 0.2) is 12.1 Å². The van der Waals surface area contributed by atoms with E-state index in [1.165, 1.54) is 12.1 Å². The summed E-state index contributed by atoms with van der Waals surface area (Å²) in [4.78, 5) is 11.0. The minimum absolute atomic E-state index is 0.0825. The summed E-state index contributed by atoms with van der Waals surface area (Å²) in [7, 11) is -4.07. The molecule has 128 valence electrons. The van der Waals surface area contributed by atoms with Gasteiger partial charge in [-0.05, 0) is 17.5 Å². The number of carbonyl (C=O) groups is 1. The van der Waals surface area contributed by atoms with Gasteiger partial charge in [0.2, 0.25) is 0 Å². The maximum absolute atomic E-state index is 12.8. The standard InChI is InChI=1S/C13H15Cl3N2O4S/c1-13(2)6-17(5-11(19)20)23(21,22)18(7-13)12-9(15)3-8(14)4-10(12)16/h3-4H,5-7H2,1-2H3,(H,19,20). The second-order valence-electron chi connectivity index (χ2n) is 6.06. The molecule has 1 aromatic carbocycles. The van der Waals surface area contributed by atoms with Crippen molar-refractivity contribution in [3.63, 3.8) is 0 Å². The Bertz CT molecular complexity index is 729. The number of aliphatic carboxylic acids is 1. The topological polar surface area (TPSA) is 77.9 Å². The van der Waals surface area contributed by atoms with Crippen LogP contribution in [0.3, 0.4) is 0 Å². The van der Waals surface area contributed by atoms with Gasteiger partial charge < -0.3 is 5.11 Å². The lowest BCUT2D eigenvalue weighted by Crippen LogP contribution is -2.58. The van der Waals surface area contributed by atoms with Gasteiger partial charge in [0.15, 0.2) is 0 Å². The van der Waals surface area contributed by atoms with Gasteiger partial charge in [0, 0.05) is 18.1 Å². The van der Waals surface area contributed by atoms with Gasteiger partial charge in [-0.2, -0.15) is 12.7 Å². The van der Waals surface area contributed by atoms with Crippen LogP contribution in [0, 0.1) is 5.41 Å². The number of anilines is 1. The van der Waals surface area contributed by atoms with Gasteiger partial charge in [-0.15, -0.1) is 0 Å². The number of nitrogens with zero attached hydrogens (tertiary/aromatic N) is 2. The van der Waals surface area contributed by atoms with Crippen LogP contribution in [-0.2, 0) is 15.0 Å². The lowest BCUT2D eigenvalue weighted by atomic mass is 9.93. The molecule has 6 nitrogen and oxygen atoms in total. The van der Waals surface area contributed by atoms with Gasteiger partial charge in [0.25, 0.3) is 0 Å². The second kappa shape index (κ2) is 6.29. The highest BCUT2D eigenvalue weighted by Crippen LogP contribution is 2.42. The molecule has 1 aliphatic rings. The van der Waals surface area contributed by atoms with E-state index in [-0.39, 0.29) is 33.8 Å². The van der Waals surface area contributed by atoms with Crippen molar-refractivity contribution in [2.75, 3.05) is 23.9 Å². The maximum Gasteiger partial charge on any atom is 0.318 e. The molecule has 0 spiro atoms. The summed E-state index contributed by atoms with van der Waals surface area (Å²) in [5, 5.41) is 9.42.